The van der Waals surface area contributed by atoms with Crippen LogP contribution in [-0.4, -0.2) is 271 Å². The van der Waals surface area contributed by atoms with Gasteiger partial charge in [0, 0.05) is 77.9 Å². The van der Waals surface area contributed by atoms with Crippen LogP contribution in [-0.2, 0) is 114 Å². The molecule has 692 valence electrons. The lowest BCUT2D eigenvalue weighted by molar-refractivity contribution is -0.292. The Kier molecular flexibility index (Phi) is 40.7. The first-order valence-corrected chi connectivity index (χ1v) is 49.0. The van der Waals surface area contributed by atoms with Gasteiger partial charge in [0.2, 0.25) is 5.78 Å². The van der Waals surface area contributed by atoms with Gasteiger partial charge in [0.25, 0.3) is 0 Å². The molecule has 0 aromatic rings. The predicted molar refractivity (Wildman–Crippen MR) is 489 cm³/mol. The second-order valence-corrected chi connectivity index (χ2v) is 43.3. The van der Waals surface area contributed by atoms with Crippen molar-refractivity contribution in [2.24, 2.45) is 23.7 Å². The molecule has 35 atom stereocenters. The number of hydrogen-bond donors (Lipinski definition) is 3. The van der Waals surface area contributed by atoms with E-state index in [2.05, 4.69) is 135 Å². The third kappa shape index (κ3) is 28.5. The highest BCUT2D eigenvalue weighted by molar-refractivity contribution is 14.1. The smallest absolute Gasteiger partial charge is 0.308 e. The number of aliphatic hydroxyl groups is 3. The Morgan fingerprint density at radius 1 is 0.455 bits per heavy atom. The quantitative estimate of drug-likeness (QED) is 0.0107. The number of rotatable bonds is 32. The number of allylic oxidation sites excluding steroid dienone is 5. The van der Waals surface area contributed by atoms with E-state index in [9.17, 15) is 48.9 Å². The molecule has 5 unspecified atom stereocenters. The molecule has 3 N–H and O–H groups in total. The highest BCUT2D eigenvalue weighted by atomic mass is 127. The minimum Gasteiger partial charge on any atom is -0.489 e. The molecule has 14 rings (SSSR count). The van der Waals surface area contributed by atoms with Crippen LogP contribution in [0.5, 0.6) is 0 Å². The summed E-state index contributed by atoms with van der Waals surface area (Å²) in [6.07, 6.45) is 6.81. The van der Waals surface area contributed by atoms with Gasteiger partial charge in [-0.25, -0.2) is 0 Å². The maximum Gasteiger partial charge on any atom is 0.308 e. The van der Waals surface area contributed by atoms with Crippen molar-refractivity contribution >= 4 is 178 Å². The van der Waals surface area contributed by atoms with Gasteiger partial charge in [-0.1, -0.05) is 59.9 Å². The molecule has 14 heterocycles. The monoisotopic (exact) mass is 2260 g/mol. The van der Waals surface area contributed by atoms with Crippen LogP contribution in [0.4, 0.5) is 0 Å². The number of halogens is 8. The summed E-state index contributed by atoms with van der Waals surface area (Å²) in [5.74, 6) is 3.21. The number of hydrogen-bond acceptors (Lipinski definition) is 27. The first-order valence-electron chi connectivity index (χ1n) is 43.0. The maximum atomic E-state index is 12.5. The zero-order chi connectivity index (χ0) is 89.6. The number of fused-ring (bicyclic) bond motifs is 6. The second kappa shape index (κ2) is 48.4. The Morgan fingerprint density at radius 2 is 0.862 bits per heavy atom. The minimum absolute atomic E-state index is 0.00654. The average molecular weight is 2260 g/mol. The average Bonchev–Trinajstić information content (AvgIpc) is 1.55. The Labute approximate surface area is 797 Å². The van der Waals surface area contributed by atoms with Crippen LogP contribution >= 0.6 is 137 Å². The van der Waals surface area contributed by atoms with Crippen molar-refractivity contribution in [2.75, 3.05) is 28.4 Å². The largest absolute Gasteiger partial charge is 0.489 e. The van der Waals surface area contributed by atoms with E-state index in [1.165, 1.54) is 34.5 Å². The van der Waals surface area contributed by atoms with Crippen LogP contribution in [0.15, 0.2) is 52.5 Å². The highest BCUT2D eigenvalue weighted by Crippen LogP contribution is 2.55. The van der Waals surface area contributed by atoms with Gasteiger partial charge < -0.3 is 95.8 Å². The summed E-state index contributed by atoms with van der Waals surface area (Å²) in [6, 6.07) is 0. The minimum atomic E-state index is -1.06. The molecule has 123 heavy (non-hydrogen) atoms. The zero-order valence-corrected chi connectivity index (χ0v) is 82.7. The van der Waals surface area contributed by atoms with Crippen molar-refractivity contribution in [1.29, 1.82) is 0 Å². The molecule has 14 saturated heterocycles. The van der Waals surface area contributed by atoms with Gasteiger partial charge in [-0.3, -0.25) is 33.6 Å². The number of methoxy groups -OCH3 is 4. The van der Waals surface area contributed by atoms with Crippen LogP contribution in [0.2, 0.25) is 0 Å². The molecular weight excluding hydrogens is 2140 g/mol. The van der Waals surface area contributed by atoms with Gasteiger partial charge in [0.05, 0.1) is 146 Å². The normalized spacial score (nSPS) is 38.4. The molecule has 0 spiro atoms. The van der Waals surface area contributed by atoms with E-state index < -0.39 is 54.6 Å². The molecule has 35 heteroatoms. The molecule has 14 aliphatic rings. The van der Waals surface area contributed by atoms with E-state index in [0.717, 1.165) is 59.3 Å². The molecule has 0 radical (unpaired) electrons. The van der Waals surface area contributed by atoms with Crippen molar-refractivity contribution in [3.8, 4) is 11.8 Å². The van der Waals surface area contributed by atoms with Gasteiger partial charge in [-0.2, -0.15) is 0 Å². The van der Waals surface area contributed by atoms with Crippen LogP contribution in [0, 0.1) is 35.5 Å². The summed E-state index contributed by atoms with van der Waals surface area (Å²) in [5, 5.41) is 31.7. The molecule has 27 nitrogen and oxygen atoms in total. The maximum absolute atomic E-state index is 12.5. The van der Waals surface area contributed by atoms with Crippen molar-refractivity contribution in [1.82, 2.24) is 0 Å². The SMILES string of the molecule is C=C(I)C[C@H](Cl)CCC(=O)C#C[C@H](O)[C@@H]1O[C@H]2CC[C@H](CC(=O)OC)O[C@@H]2[C@H](C)[C@@H]1C.C=C(I)C[C@H](Cl)CCC(=O)C=C1O[C@@H]2C(O[C@H]3CC[C@H](CC(=O)OC)O[C@@H]3[C@@H]2C)[C@H]1O.C=C(I)C[C@H](Cl)CCC(=O)CC1O[C@@H]2C(O[C@H]3CC[C@H](CC(=O)OC)O[C@@H]3[C@@H]2C)[C@H]1O.C=C(I)C[C@H](Cl)CC[C@@]12CC3O[C@@H]4C(O[C@H]5CC[C@H](CC(=O)OC)O[C@@H]5[C@@H]4O1)[C@@H]3O2. The van der Waals surface area contributed by atoms with Crippen molar-refractivity contribution in [2.45, 2.75) is 381 Å². The Balaban J connectivity index is 0.000000172. The van der Waals surface area contributed by atoms with Crippen LogP contribution in [0.1, 0.15) is 195 Å². The Hall–Kier alpha value is -1.57. The molecule has 0 aromatic carbocycles. The summed E-state index contributed by atoms with van der Waals surface area (Å²) in [7, 11) is 5.50. The van der Waals surface area contributed by atoms with Gasteiger partial charge in [-0.15, -0.1) is 46.4 Å². The Bertz CT molecular complexity index is 3760. The zero-order valence-electron chi connectivity index (χ0n) is 71.1. The van der Waals surface area contributed by atoms with E-state index >= 15 is 0 Å². The Morgan fingerprint density at radius 3 is 1.36 bits per heavy atom. The van der Waals surface area contributed by atoms with E-state index in [1.54, 1.807) is 0 Å². The fourth-order valence-electron chi connectivity index (χ4n) is 19.1. The molecule has 14 fully saturated rings. The van der Waals surface area contributed by atoms with E-state index in [-0.39, 0.29) is 247 Å². The van der Waals surface area contributed by atoms with Crippen molar-refractivity contribution in [3.63, 3.8) is 0 Å². The molecule has 0 aromatic heterocycles. The number of carbonyl (C=O) groups excluding carboxylic acids is 7. The molecule has 0 aliphatic carbocycles. The third-order valence-electron chi connectivity index (χ3n) is 25.6. The van der Waals surface area contributed by atoms with Crippen LogP contribution < -0.4 is 0 Å². The number of aliphatic hydroxyl groups excluding tert-OH is 3. The number of carbonyl (C=O) groups is 7. The molecule has 0 amide bonds. The lowest BCUT2D eigenvalue weighted by Gasteiger charge is -2.49. The number of ether oxygens (including phenoxy) is 17. The van der Waals surface area contributed by atoms with E-state index in [0.29, 0.717) is 77.0 Å². The number of Topliss-reactive ketones (excluding diaryl/α,β-unsaturated/α-hetero) is 2. The summed E-state index contributed by atoms with van der Waals surface area (Å²) in [4.78, 5) is 83.4. The standard InChI is InChI=1S/C23H32ClIO6.C22H32ClIO7.C22H30ClIO7.C21H28ClIO7/c1-13(25)11-16(24)5-6-17(26)7-9-19(27)22-14(2)15(3)23-20(31-22)10-8-18(30-23)12-21(28)29-4;2*1-11(24)8-13(23)4-5-14(25)9-17-19(27)22-21(31-17)12(2)20-16(30-22)7-6-15(29-20)10-18(26)28-3;1-10(23)7-11(22)5-6-21-9-14-17(29-21)18-19(28-14)20(30-21)16-13(27-18)4-3-12(26-16)8-15(24)25-2/h14-16,18-20,22-23,27H,1,5-6,8,10-12H2,2-4H3;12-13,15-17,19-22,27H,1,4-10H2,2-3H3;9,12-13,15-16,19-22,27H,1,4-8,10H2,2-3H3;11-14,16-20H,1,3-9H2,2H3/t14-,15+,16+,18+,19-,20-,22+,23+;12-,13+,15+,16-,17?,19-,20+,21-,22?;12-,13+,15+,16-,19-,20+,21-,22?;11-,12-,13+,14?,16+,17-,18?,19-,20+,21+/m0001/s1. The highest BCUT2D eigenvalue weighted by Gasteiger charge is 2.69. The fraction of sp³-hybridized carbons (Fsp3) is 0.784. The number of alkyl halides is 4. The summed E-state index contributed by atoms with van der Waals surface area (Å²) < 4.78 is 104. The molecule has 14 aliphatic heterocycles. The first kappa shape index (κ1) is 104. The van der Waals surface area contributed by atoms with Crippen LogP contribution in [0.3, 0.4) is 0 Å². The van der Waals surface area contributed by atoms with Crippen molar-refractivity contribution in [3.05, 3.63) is 52.5 Å². The van der Waals surface area contributed by atoms with Gasteiger partial charge in [0.15, 0.2) is 11.6 Å². The van der Waals surface area contributed by atoms with E-state index in [4.69, 9.17) is 127 Å². The number of esters is 4. The summed E-state index contributed by atoms with van der Waals surface area (Å²) >= 11 is 33.8. The lowest BCUT2D eigenvalue weighted by atomic mass is 9.77. The lowest BCUT2D eigenvalue weighted by Crippen LogP contribution is -2.61. The molecule has 0 saturated carbocycles. The fourth-order valence-corrected chi connectivity index (χ4v) is 23.4. The summed E-state index contributed by atoms with van der Waals surface area (Å²) in [5.41, 5.74) is 0. The topological polar surface area (TPSA) is 337 Å². The van der Waals surface area contributed by atoms with Gasteiger partial charge >= 0.3 is 23.9 Å². The number of ketones is 3. The molecular formula is C88H122Cl4I4O27. The van der Waals surface area contributed by atoms with Crippen molar-refractivity contribution < 1.29 is 129 Å². The summed E-state index contributed by atoms with van der Waals surface area (Å²) in [6.45, 7) is 23.5. The molecule has 6 bridgehead atoms. The first-order chi connectivity index (χ1) is 58.4. The van der Waals surface area contributed by atoms with E-state index in [1.807, 2.05) is 20.8 Å². The van der Waals surface area contributed by atoms with Gasteiger partial charge in [0.1, 0.15) is 78.7 Å². The second-order valence-electron chi connectivity index (χ2n) is 34.7. The predicted octanol–water partition coefficient (Wildman–Crippen LogP) is 13.8. The third-order valence-corrected chi connectivity index (χ3v) is 28.9. The van der Waals surface area contributed by atoms with Gasteiger partial charge in [-0.05, 0) is 225 Å². The van der Waals surface area contributed by atoms with Crippen LogP contribution in [0.25, 0.3) is 0 Å².